The number of carbonyl (C=O) groups is 1. The molecule has 0 unspecified atom stereocenters. The second kappa shape index (κ2) is 5.05. The van der Waals surface area contributed by atoms with Crippen LogP contribution in [0.25, 0.3) is 11.5 Å². The Hall–Kier alpha value is -1.62. The molecule has 5 heteroatoms. The van der Waals surface area contributed by atoms with Gasteiger partial charge in [-0.1, -0.05) is 42.8 Å². The van der Waals surface area contributed by atoms with Crippen LogP contribution in [0, 0.1) is 6.92 Å². The summed E-state index contributed by atoms with van der Waals surface area (Å²) in [5.74, 6) is -0.848. The van der Waals surface area contributed by atoms with E-state index in [9.17, 15) is 9.90 Å². The average Bonchev–Trinajstić information content (AvgIpc) is 2.77. The molecular formula is C15H16BrNO3. The molecule has 0 atom stereocenters. The summed E-state index contributed by atoms with van der Waals surface area (Å²) in [6.07, 6.45) is 0. The maximum Gasteiger partial charge on any atom is 0.373 e. The monoisotopic (exact) mass is 337 g/mol. The zero-order valence-corrected chi connectivity index (χ0v) is 13.4. The van der Waals surface area contributed by atoms with Crippen LogP contribution in [0.5, 0.6) is 0 Å². The third kappa shape index (κ3) is 2.63. The predicted molar refractivity (Wildman–Crippen MR) is 80.0 cm³/mol. The molecule has 20 heavy (non-hydrogen) atoms. The number of nitrogens with zero attached hydrogens (tertiary/aromatic N) is 1. The molecule has 0 radical (unpaired) electrons. The van der Waals surface area contributed by atoms with Crippen LogP contribution in [0.15, 0.2) is 27.1 Å². The quantitative estimate of drug-likeness (QED) is 0.881. The summed E-state index contributed by atoms with van der Waals surface area (Å²) in [6, 6.07) is 5.66. The first-order chi connectivity index (χ1) is 9.21. The molecule has 2 aromatic rings. The Morgan fingerprint density at radius 2 is 2.00 bits per heavy atom. The Kier molecular flexibility index (Phi) is 3.73. The van der Waals surface area contributed by atoms with Crippen LogP contribution in [0.4, 0.5) is 0 Å². The van der Waals surface area contributed by atoms with Crippen molar-refractivity contribution in [1.29, 1.82) is 0 Å². The highest BCUT2D eigenvalue weighted by Crippen LogP contribution is 2.33. The van der Waals surface area contributed by atoms with Crippen LogP contribution in [-0.2, 0) is 5.41 Å². The van der Waals surface area contributed by atoms with Gasteiger partial charge in [0, 0.05) is 15.5 Å². The maximum atomic E-state index is 11.3. The van der Waals surface area contributed by atoms with Gasteiger partial charge in [0.2, 0.25) is 11.7 Å². The van der Waals surface area contributed by atoms with Crippen molar-refractivity contribution in [1.82, 2.24) is 4.98 Å². The first-order valence-electron chi connectivity index (χ1n) is 6.22. The zero-order chi connectivity index (χ0) is 15.1. The molecule has 0 saturated heterocycles. The SMILES string of the molecule is Cc1c(Br)cccc1-c1nc(C(C)(C)C)c(C(=O)O)o1. The lowest BCUT2D eigenvalue weighted by molar-refractivity contribution is 0.0659. The van der Waals surface area contributed by atoms with Gasteiger partial charge in [-0.2, -0.15) is 0 Å². The van der Waals surface area contributed by atoms with Crippen LogP contribution >= 0.6 is 15.9 Å². The summed E-state index contributed by atoms with van der Waals surface area (Å²) < 4.78 is 6.43. The Morgan fingerprint density at radius 3 is 2.50 bits per heavy atom. The highest BCUT2D eigenvalue weighted by molar-refractivity contribution is 9.10. The summed E-state index contributed by atoms with van der Waals surface area (Å²) >= 11 is 3.45. The van der Waals surface area contributed by atoms with Crippen molar-refractivity contribution >= 4 is 21.9 Å². The van der Waals surface area contributed by atoms with E-state index in [1.54, 1.807) is 0 Å². The molecule has 0 saturated carbocycles. The van der Waals surface area contributed by atoms with Crippen molar-refractivity contribution in [2.75, 3.05) is 0 Å². The smallest absolute Gasteiger partial charge is 0.373 e. The minimum absolute atomic E-state index is 0.0909. The van der Waals surface area contributed by atoms with Crippen LogP contribution < -0.4 is 0 Å². The number of carboxylic acids is 1. The average molecular weight is 338 g/mol. The summed E-state index contributed by atoms with van der Waals surface area (Å²) in [4.78, 5) is 15.7. The van der Waals surface area contributed by atoms with Gasteiger partial charge in [0.15, 0.2) is 0 Å². The Balaban J connectivity index is 2.65. The van der Waals surface area contributed by atoms with E-state index < -0.39 is 11.4 Å². The van der Waals surface area contributed by atoms with Gasteiger partial charge in [-0.3, -0.25) is 0 Å². The first kappa shape index (κ1) is 14.8. The molecular weight excluding hydrogens is 322 g/mol. The second-order valence-corrected chi connectivity index (χ2v) is 6.52. The minimum atomic E-state index is -1.10. The van der Waals surface area contributed by atoms with Crippen LogP contribution in [0.3, 0.4) is 0 Å². The van der Waals surface area contributed by atoms with E-state index in [2.05, 4.69) is 20.9 Å². The molecule has 0 bridgehead atoms. The van der Waals surface area contributed by atoms with Gasteiger partial charge in [-0.15, -0.1) is 0 Å². The second-order valence-electron chi connectivity index (χ2n) is 5.66. The van der Waals surface area contributed by atoms with E-state index in [-0.39, 0.29) is 5.76 Å². The van der Waals surface area contributed by atoms with E-state index >= 15 is 0 Å². The fourth-order valence-corrected chi connectivity index (χ4v) is 2.29. The number of oxazole rings is 1. The number of aromatic nitrogens is 1. The topological polar surface area (TPSA) is 63.3 Å². The van der Waals surface area contributed by atoms with E-state index in [0.717, 1.165) is 15.6 Å². The maximum absolute atomic E-state index is 11.3. The highest BCUT2D eigenvalue weighted by atomic mass is 79.9. The summed E-state index contributed by atoms with van der Waals surface area (Å²) in [5, 5.41) is 9.27. The summed E-state index contributed by atoms with van der Waals surface area (Å²) in [7, 11) is 0. The Labute approximate surface area is 126 Å². The summed E-state index contributed by atoms with van der Waals surface area (Å²) in [6.45, 7) is 7.67. The molecule has 0 fully saturated rings. The van der Waals surface area contributed by atoms with Gasteiger partial charge >= 0.3 is 5.97 Å². The zero-order valence-electron chi connectivity index (χ0n) is 11.8. The van der Waals surface area contributed by atoms with Gasteiger partial charge < -0.3 is 9.52 Å². The van der Waals surface area contributed by atoms with Gasteiger partial charge in [-0.05, 0) is 24.6 Å². The number of aromatic carboxylic acids is 1. The lowest BCUT2D eigenvalue weighted by Crippen LogP contribution is -2.16. The molecule has 0 amide bonds. The third-order valence-corrected chi connectivity index (χ3v) is 3.89. The number of rotatable bonds is 2. The molecule has 1 heterocycles. The number of halogens is 1. The molecule has 1 aromatic heterocycles. The number of hydrogen-bond acceptors (Lipinski definition) is 3. The molecule has 0 spiro atoms. The number of benzene rings is 1. The molecule has 4 nitrogen and oxygen atoms in total. The molecule has 0 aliphatic heterocycles. The number of carboxylic acid groups (broad SMARTS) is 1. The Morgan fingerprint density at radius 1 is 1.35 bits per heavy atom. The lowest BCUT2D eigenvalue weighted by atomic mass is 9.91. The fourth-order valence-electron chi connectivity index (χ4n) is 1.93. The highest BCUT2D eigenvalue weighted by Gasteiger charge is 2.29. The third-order valence-electron chi connectivity index (χ3n) is 3.03. The van der Waals surface area contributed by atoms with E-state index in [4.69, 9.17) is 4.42 Å². The molecule has 2 rings (SSSR count). The van der Waals surface area contributed by atoms with E-state index in [0.29, 0.717) is 11.6 Å². The summed E-state index contributed by atoms with van der Waals surface area (Å²) in [5.41, 5.74) is 1.82. The number of hydrogen-bond donors (Lipinski definition) is 1. The molecule has 1 aromatic carbocycles. The van der Waals surface area contributed by atoms with Crippen LogP contribution in [0.2, 0.25) is 0 Å². The van der Waals surface area contributed by atoms with Crippen LogP contribution in [-0.4, -0.2) is 16.1 Å². The molecule has 106 valence electrons. The lowest BCUT2D eigenvalue weighted by Gasteiger charge is -2.14. The van der Waals surface area contributed by atoms with Gasteiger partial charge in [-0.25, -0.2) is 9.78 Å². The van der Waals surface area contributed by atoms with Gasteiger partial charge in [0.25, 0.3) is 0 Å². The van der Waals surface area contributed by atoms with Crippen LogP contribution in [0.1, 0.15) is 42.6 Å². The van der Waals surface area contributed by atoms with Gasteiger partial charge in [0.1, 0.15) is 5.69 Å². The Bertz CT molecular complexity index is 668. The standard InChI is InChI=1S/C15H16BrNO3/c1-8-9(6-5-7-10(8)16)13-17-12(15(2,3)4)11(20-13)14(18)19/h5-7H,1-4H3,(H,18,19). The van der Waals surface area contributed by atoms with Crippen molar-refractivity contribution in [2.24, 2.45) is 0 Å². The van der Waals surface area contributed by atoms with E-state index in [1.165, 1.54) is 0 Å². The van der Waals surface area contributed by atoms with Crippen molar-refractivity contribution in [3.05, 3.63) is 39.7 Å². The predicted octanol–water partition coefficient (Wildman–Crippen LogP) is 4.41. The van der Waals surface area contributed by atoms with E-state index in [1.807, 2.05) is 45.9 Å². The largest absolute Gasteiger partial charge is 0.475 e. The van der Waals surface area contributed by atoms with Crippen molar-refractivity contribution < 1.29 is 14.3 Å². The molecule has 1 N–H and O–H groups in total. The first-order valence-corrected chi connectivity index (χ1v) is 7.01. The van der Waals surface area contributed by atoms with Crippen molar-refractivity contribution in [3.63, 3.8) is 0 Å². The van der Waals surface area contributed by atoms with Crippen molar-refractivity contribution in [2.45, 2.75) is 33.1 Å². The van der Waals surface area contributed by atoms with Crippen molar-refractivity contribution in [3.8, 4) is 11.5 Å². The fraction of sp³-hybridized carbons (Fsp3) is 0.333. The molecule has 0 aliphatic rings. The minimum Gasteiger partial charge on any atom is -0.475 e. The normalized spacial score (nSPS) is 11.7. The molecule has 0 aliphatic carbocycles. The van der Waals surface area contributed by atoms with Gasteiger partial charge in [0.05, 0.1) is 0 Å².